The van der Waals surface area contributed by atoms with Crippen LogP contribution in [0.4, 0.5) is 4.39 Å². The zero-order chi connectivity index (χ0) is 24.5. The molecule has 5 nitrogen and oxygen atoms in total. The number of amides is 2. The normalized spacial score (nSPS) is 11.7. The monoisotopic (exact) mass is 526 g/mol. The molecule has 1 unspecified atom stereocenters. The lowest BCUT2D eigenvalue weighted by atomic mass is 10.0. The molecule has 3 aromatic carbocycles. The minimum absolute atomic E-state index is 0.00863. The highest BCUT2D eigenvalue weighted by molar-refractivity contribution is 9.10. The third kappa shape index (κ3) is 7.42. The van der Waals surface area contributed by atoms with Crippen molar-refractivity contribution in [1.29, 1.82) is 0 Å². The summed E-state index contributed by atoms with van der Waals surface area (Å²) >= 11 is 3.42. The van der Waals surface area contributed by atoms with Crippen LogP contribution in [-0.2, 0) is 22.6 Å². The summed E-state index contributed by atoms with van der Waals surface area (Å²) < 4.78 is 20.4. The Morgan fingerprint density at radius 3 is 2.24 bits per heavy atom. The Morgan fingerprint density at radius 1 is 0.941 bits per heavy atom. The van der Waals surface area contributed by atoms with Crippen molar-refractivity contribution in [3.63, 3.8) is 0 Å². The first-order valence-corrected chi connectivity index (χ1v) is 11.9. The van der Waals surface area contributed by atoms with Gasteiger partial charge in [-0.1, -0.05) is 70.5 Å². The van der Waals surface area contributed by atoms with Crippen LogP contribution in [0.2, 0.25) is 0 Å². The predicted octanol–water partition coefficient (Wildman–Crippen LogP) is 5.13. The van der Waals surface area contributed by atoms with Gasteiger partial charge >= 0.3 is 0 Å². The van der Waals surface area contributed by atoms with Gasteiger partial charge in [0, 0.05) is 23.5 Å². The van der Waals surface area contributed by atoms with E-state index in [0.717, 1.165) is 15.6 Å². The number of rotatable bonds is 10. The first kappa shape index (κ1) is 25.4. The van der Waals surface area contributed by atoms with Crippen LogP contribution in [0.5, 0.6) is 5.75 Å². The third-order valence-electron chi connectivity index (χ3n) is 5.16. The molecule has 1 atom stereocenters. The second kappa shape index (κ2) is 12.3. The van der Waals surface area contributed by atoms with Gasteiger partial charge < -0.3 is 15.0 Å². The minimum atomic E-state index is -0.773. The van der Waals surface area contributed by atoms with Crippen LogP contribution in [0.25, 0.3) is 0 Å². The van der Waals surface area contributed by atoms with Crippen molar-refractivity contribution >= 4 is 27.7 Å². The number of nitrogens with one attached hydrogen (secondary N) is 1. The maximum absolute atomic E-state index is 14.0. The van der Waals surface area contributed by atoms with E-state index >= 15 is 0 Å². The Morgan fingerprint density at radius 2 is 1.59 bits per heavy atom. The molecule has 0 spiro atoms. The predicted molar refractivity (Wildman–Crippen MR) is 134 cm³/mol. The molecule has 0 saturated heterocycles. The standard InChI is InChI=1S/C27H28BrFN2O3/c1-19(2)30-27(33)24(16-20-8-4-3-5-9-20)31(17-21-12-14-22(28)15-13-21)26(32)18-34-25-11-7-6-10-23(25)29/h3-15,19,24H,16-18H2,1-2H3,(H,30,33). The van der Waals surface area contributed by atoms with Gasteiger partial charge in [0.15, 0.2) is 18.2 Å². The van der Waals surface area contributed by atoms with E-state index in [1.54, 1.807) is 12.1 Å². The van der Waals surface area contributed by atoms with Crippen molar-refractivity contribution in [3.8, 4) is 5.75 Å². The van der Waals surface area contributed by atoms with Gasteiger partial charge in [0.25, 0.3) is 5.91 Å². The smallest absolute Gasteiger partial charge is 0.261 e. The van der Waals surface area contributed by atoms with Crippen LogP contribution in [0.3, 0.4) is 0 Å². The average Bonchev–Trinajstić information content (AvgIpc) is 2.82. The fraction of sp³-hybridized carbons (Fsp3) is 0.259. The van der Waals surface area contributed by atoms with Gasteiger partial charge in [-0.2, -0.15) is 0 Å². The topological polar surface area (TPSA) is 58.6 Å². The van der Waals surface area contributed by atoms with Gasteiger partial charge in [-0.25, -0.2) is 4.39 Å². The average molecular weight is 527 g/mol. The van der Waals surface area contributed by atoms with E-state index < -0.39 is 24.4 Å². The molecule has 0 radical (unpaired) electrons. The number of carbonyl (C=O) groups is 2. The molecular formula is C27H28BrFN2O3. The van der Waals surface area contributed by atoms with Crippen molar-refractivity contribution in [3.05, 3.63) is 100 Å². The maximum atomic E-state index is 14.0. The molecule has 0 aliphatic rings. The van der Waals surface area contributed by atoms with E-state index in [4.69, 9.17) is 4.74 Å². The highest BCUT2D eigenvalue weighted by Crippen LogP contribution is 2.19. The molecule has 3 aromatic rings. The molecule has 0 fully saturated rings. The number of ether oxygens (including phenoxy) is 1. The molecule has 1 N–H and O–H groups in total. The van der Waals surface area contributed by atoms with Gasteiger partial charge in [0.1, 0.15) is 6.04 Å². The van der Waals surface area contributed by atoms with Crippen molar-refractivity contribution in [2.45, 2.75) is 38.9 Å². The SMILES string of the molecule is CC(C)NC(=O)C(Cc1ccccc1)N(Cc1ccc(Br)cc1)C(=O)COc1ccccc1F. The van der Waals surface area contributed by atoms with Crippen molar-refractivity contribution < 1.29 is 18.7 Å². The Balaban J connectivity index is 1.91. The van der Waals surface area contributed by atoms with Crippen LogP contribution in [0.15, 0.2) is 83.3 Å². The lowest BCUT2D eigenvalue weighted by Gasteiger charge is -2.32. The first-order chi connectivity index (χ1) is 16.3. The van der Waals surface area contributed by atoms with Crippen molar-refractivity contribution in [2.24, 2.45) is 0 Å². The number of hydrogen-bond donors (Lipinski definition) is 1. The van der Waals surface area contributed by atoms with Crippen LogP contribution in [0, 0.1) is 5.82 Å². The maximum Gasteiger partial charge on any atom is 0.261 e. The Bertz CT molecular complexity index is 1090. The van der Waals surface area contributed by atoms with E-state index in [1.165, 1.54) is 17.0 Å². The summed E-state index contributed by atoms with van der Waals surface area (Å²) in [6, 6.07) is 22.2. The van der Waals surface area contributed by atoms with Crippen molar-refractivity contribution in [1.82, 2.24) is 10.2 Å². The van der Waals surface area contributed by atoms with Crippen LogP contribution in [-0.4, -0.2) is 35.4 Å². The molecule has 7 heteroatoms. The van der Waals surface area contributed by atoms with Crippen LogP contribution < -0.4 is 10.1 Å². The van der Waals surface area contributed by atoms with Gasteiger partial charge in [-0.3, -0.25) is 9.59 Å². The van der Waals surface area contributed by atoms with Gasteiger partial charge in [-0.15, -0.1) is 0 Å². The number of para-hydroxylation sites is 1. The van der Waals surface area contributed by atoms with Gasteiger partial charge in [0.05, 0.1) is 0 Å². The fourth-order valence-electron chi connectivity index (χ4n) is 3.51. The summed E-state index contributed by atoms with van der Waals surface area (Å²) in [6.45, 7) is 3.56. The fourth-order valence-corrected chi connectivity index (χ4v) is 3.77. The molecule has 2 amide bonds. The molecule has 0 aromatic heterocycles. The molecule has 178 valence electrons. The van der Waals surface area contributed by atoms with Crippen LogP contribution in [0.1, 0.15) is 25.0 Å². The summed E-state index contributed by atoms with van der Waals surface area (Å²) in [5.41, 5.74) is 1.79. The Labute approximate surface area is 208 Å². The molecule has 0 aliphatic heterocycles. The number of hydrogen-bond acceptors (Lipinski definition) is 3. The van der Waals surface area contributed by atoms with E-state index in [2.05, 4.69) is 21.2 Å². The molecule has 0 aliphatic carbocycles. The number of halogens is 2. The Hall–Kier alpha value is -3.19. The first-order valence-electron chi connectivity index (χ1n) is 11.1. The third-order valence-corrected chi connectivity index (χ3v) is 5.68. The van der Waals surface area contributed by atoms with E-state index in [-0.39, 0.29) is 24.2 Å². The molecule has 0 saturated carbocycles. The summed E-state index contributed by atoms with van der Waals surface area (Å²) in [5.74, 6) is -1.22. The quantitative estimate of drug-likeness (QED) is 0.398. The second-order valence-electron chi connectivity index (χ2n) is 8.24. The summed E-state index contributed by atoms with van der Waals surface area (Å²) in [7, 11) is 0. The minimum Gasteiger partial charge on any atom is -0.481 e. The van der Waals surface area contributed by atoms with Crippen molar-refractivity contribution in [2.75, 3.05) is 6.61 Å². The second-order valence-corrected chi connectivity index (χ2v) is 9.15. The molecule has 0 heterocycles. The molecular weight excluding hydrogens is 499 g/mol. The zero-order valence-corrected chi connectivity index (χ0v) is 20.8. The number of nitrogens with zero attached hydrogens (tertiary/aromatic N) is 1. The Kier molecular flexibility index (Phi) is 9.22. The highest BCUT2D eigenvalue weighted by atomic mass is 79.9. The van der Waals surface area contributed by atoms with Gasteiger partial charge in [0.2, 0.25) is 5.91 Å². The number of carbonyl (C=O) groups excluding carboxylic acids is 2. The van der Waals surface area contributed by atoms with E-state index in [1.807, 2.05) is 68.4 Å². The highest BCUT2D eigenvalue weighted by Gasteiger charge is 2.31. The summed E-state index contributed by atoms with van der Waals surface area (Å²) in [6.07, 6.45) is 0.335. The summed E-state index contributed by atoms with van der Waals surface area (Å²) in [4.78, 5) is 28.2. The summed E-state index contributed by atoms with van der Waals surface area (Å²) in [5, 5.41) is 2.94. The van der Waals surface area contributed by atoms with E-state index in [9.17, 15) is 14.0 Å². The largest absolute Gasteiger partial charge is 0.481 e. The zero-order valence-electron chi connectivity index (χ0n) is 19.2. The molecule has 0 bridgehead atoms. The molecule has 3 rings (SSSR count). The van der Waals surface area contributed by atoms with E-state index in [0.29, 0.717) is 6.42 Å². The van der Waals surface area contributed by atoms with Crippen LogP contribution >= 0.6 is 15.9 Å². The lowest BCUT2D eigenvalue weighted by Crippen LogP contribution is -2.52. The number of benzene rings is 3. The lowest BCUT2D eigenvalue weighted by molar-refractivity contribution is -0.143. The molecule has 34 heavy (non-hydrogen) atoms. The van der Waals surface area contributed by atoms with Gasteiger partial charge in [-0.05, 0) is 49.2 Å².